The number of hydrogen-bond acceptors (Lipinski definition) is 9. The zero-order chi connectivity index (χ0) is 27.5. The van der Waals surface area contributed by atoms with Crippen molar-refractivity contribution < 1.29 is 23.9 Å². The Balaban J connectivity index is 1.68. The molecule has 1 aromatic heterocycles. The lowest BCUT2D eigenvalue weighted by molar-refractivity contribution is -0.158. The number of aryl methyl sites for hydroxylation is 1. The molecule has 1 unspecified atom stereocenters. The van der Waals surface area contributed by atoms with E-state index in [4.69, 9.17) is 10.5 Å². The number of anilines is 1. The Bertz CT molecular complexity index is 1310. The molecule has 0 radical (unpaired) electrons. The molecule has 0 aliphatic rings. The molecule has 1 atom stereocenters. The van der Waals surface area contributed by atoms with Crippen molar-refractivity contribution in [1.29, 1.82) is 0 Å². The van der Waals surface area contributed by atoms with Crippen LogP contribution in [0.1, 0.15) is 35.6 Å². The minimum atomic E-state index is -0.899. The third kappa shape index (κ3) is 8.86. The SMILES string of the molecule is CC(=O)OC(=O)CC(Cn1cc(C)c(NCc2ccc(CN)cc2)nc1=O)NC(=O)OCc1ccccc1. The van der Waals surface area contributed by atoms with E-state index in [2.05, 4.69) is 20.4 Å². The van der Waals surface area contributed by atoms with Crippen molar-refractivity contribution in [1.82, 2.24) is 14.9 Å². The second kappa shape index (κ2) is 13.7. The van der Waals surface area contributed by atoms with Gasteiger partial charge in [-0.1, -0.05) is 54.6 Å². The van der Waals surface area contributed by atoms with E-state index >= 15 is 0 Å². The summed E-state index contributed by atoms with van der Waals surface area (Å²) in [6, 6.07) is 15.9. The highest BCUT2D eigenvalue weighted by Crippen LogP contribution is 2.12. The maximum atomic E-state index is 12.8. The molecule has 0 saturated heterocycles. The summed E-state index contributed by atoms with van der Waals surface area (Å²) in [6.45, 7) is 3.72. The second-order valence-corrected chi connectivity index (χ2v) is 8.65. The highest BCUT2D eigenvalue weighted by molar-refractivity contribution is 5.84. The van der Waals surface area contributed by atoms with Gasteiger partial charge in [0, 0.05) is 38.3 Å². The van der Waals surface area contributed by atoms with Crippen molar-refractivity contribution in [3.63, 3.8) is 0 Å². The predicted molar refractivity (Wildman–Crippen MR) is 140 cm³/mol. The molecule has 3 aromatic rings. The van der Waals surface area contributed by atoms with Crippen LogP contribution in [0.5, 0.6) is 0 Å². The normalized spacial score (nSPS) is 11.3. The van der Waals surface area contributed by atoms with E-state index in [9.17, 15) is 19.2 Å². The summed E-state index contributed by atoms with van der Waals surface area (Å²) in [5.74, 6) is -1.21. The summed E-state index contributed by atoms with van der Waals surface area (Å²) in [5, 5.41) is 5.72. The number of carbonyl (C=O) groups excluding carboxylic acids is 3. The molecule has 0 aliphatic heterocycles. The number of rotatable bonds is 11. The Labute approximate surface area is 220 Å². The predicted octanol–water partition coefficient (Wildman–Crippen LogP) is 2.40. The quantitative estimate of drug-likeness (QED) is 0.255. The first-order valence-corrected chi connectivity index (χ1v) is 12.0. The summed E-state index contributed by atoms with van der Waals surface area (Å²) in [6.07, 6.45) is 0.436. The van der Waals surface area contributed by atoms with Gasteiger partial charge in [0.2, 0.25) is 0 Å². The van der Waals surface area contributed by atoms with Crippen LogP contribution in [0, 0.1) is 6.92 Å². The summed E-state index contributed by atoms with van der Waals surface area (Å²) >= 11 is 0. The molecule has 11 nitrogen and oxygen atoms in total. The summed E-state index contributed by atoms with van der Waals surface area (Å²) in [7, 11) is 0. The first kappa shape index (κ1) is 28.1. The molecule has 1 amide bonds. The van der Waals surface area contributed by atoms with E-state index in [0.717, 1.165) is 23.6 Å². The maximum Gasteiger partial charge on any atom is 0.407 e. The monoisotopic (exact) mass is 521 g/mol. The van der Waals surface area contributed by atoms with Gasteiger partial charge >= 0.3 is 23.7 Å². The van der Waals surface area contributed by atoms with Crippen molar-refractivity contribution in [3.05, 3.63) is 93.5 Å². The largest absolute Gasteiger partial charge is 0.445 e. The molecule has 200 valence electrons. The lowest BCUT2D eigenvalue weighted by Crippen LogP contribution is -2.42. The zero-order valence-electron chi connectivity index (χ0n) is 21.3. The third-order valence-corrected chi connectivity index (χ3v) is 5.52. The van der Waals surface area contributed by atoms with Crippen molar-refractivity contribution in [3.8, 4) is 0 Å². The molecule has 38 heavy (non-hydrogen) atoms. The van der Waals surface area contributed by atoms with Gasteiger partial charge in [-0.05, 0) is 23.6 Å². The fourth-order valence-corrected chi connectivity index (χ4v) is 3.62. The Morgan fingerprint density at radius 1 is 1.03 bits per heavy atom. The first-order chi connectivity index (χ1) is 18.2. The number of nitrogens with one attached hydrogen (secondary N) is 2. The van der Waals surface area contributed by atoms with Gasteiger partial charge < -0.3 is 25.8 Å². The average Bonchev–Trinajstić information content (AvgIpc) is 2.89. The number of hydrogen-bond donors (Lipinski definition) is 3. The molecule has 11 heteroatoms. The molecule has 0 bridgehead atoms. The molecular weight excluding hydrogens is 490 g/mol. The topological polar surface area (TPSA) is 155 Å². The maximum absolute atomic E-state index is 12.8. The number of benzene rings is 2. The number of aromatic nitrogens is 2. The smallest absolute Gasteiger partial charge is 0.407 e. The number of ether oxygens (including phenoxy) is 2. The van der Waals surface area contributed by atoms with Crippen LogP contribution in [0.2, 0.25) is 0 Å². The molecule has 2 aromatic carbocycles. The van der Waals surface area contributed by atoms with E-state index in [1.807, 2.05) is 42.5 Å². The Morgan fingerprint density at radius 2 is 1.71 bits per heavy atom. The third-order valence-electron chi connectivity index (χ3n) is 5.52. The van der Waals surface area contributed by atoms with Gasteiger partial charge in [-0.15, -0.1) is 0 Å². The van der Waals surface area contributed by atoms with E-state index < -0.39 is 29.8 Å². The van der Waals surface area contributed by atoms with Gasteiger partial charge in [-0.3, -0.25) is 14.2 Å². The molecule has 0 spiro atoms. The van der Waals surface area contributed by atoms with Crippen molar-refractivity contribution in [2.24, 2.45) is 5.73 Å². The van der Waals surface area contributed by atoms with Gasteiger partial charge in [0.25, 0.3) is 0 Å². The van der Waals surface area contributed by atoms with E-state index in [1.54, 1.807) is 25.3 Å². The highest BCUT2D eigenvalue weighted by Gasteiger charge is 2.21. The van der Waals surface area contributed by atoms with Crippen LogP contribution in [0.4, 0.5) is 10.6 Å². The standard InChI is InChI=1S/C27H31N5O6/c1-18-15-32(26(35)31-25(18)29-14-21-10-8-20(13-28)9-11-21)16-23(12-24(34)38-19(2)33)30-27(36)37-17-22-6-4-3-5-7-22/h3-11,15,23H,12-14,16-17,28H2,1-2H3,(H,30,36)(H,29,31,35). The number of nitrogens with zero attached hydrogens (tertiary/aromatic N) is 2. The Morgan fingerprint density at radius 3 is 2.37 bits per heavy atom. The van der Waals surface area contributed by atoms with Crippen LogP contribution >= 0.6 is 0 Å². The van der Waals surface area contributed by atoms with Gasteiger partial charge in [0.05, 0.1) is 12.5 Å². The Kier molecular flexibility index (Phi) is 10.1. The molecule has 4 N–H and O–H groups in total. The van der Waals surface area contributed by atoms with Crippen molar-refractivity contribution in [2.75, 3.05) is 5.32 Å². The van der Waals surface area contributed by atoms with Crippen LogP contribution in [-0.2, 0) is 45.3 Å². The highest BCUT2D eigenvalue weighted by atomic mass is 16.6. The van der Waals surface area contributed by atoms with Crippen LogP contribution in [0.15, 0.2) is 65.6 Å². The molecular formula is C27H31N5O6. The number of nitrogens with two attached hydrogens (primary N) is 1. The van der Waals surface area contributed by atoms with Crippen LogP contribution in [-0.4, -0.2) is 33.6 Å². The minimum absolute atomic E-state index is 0.0210. The number of carbonyl (C=O) groups is 3. The van der Waals surface area contributed by atoms with Crippen molar-refractivity contribution in [2.45, 2.75) is 52.6 Å². The Hall–Kier alpha value is -4.51. The van der Waals surface area contributed by atoms with Crippen LogP contribution in [0.3, 0.4) is 0 Å². The lowest BCUT2D eigenvalue weighted by atomic mass is 10.1. The van der Waals surface area contributed by atoms with E-state index in [-0.39, 0.29) is 19.6 Å². The second-order valence-electron chi connectivity index (χ2n) is 8.65. The van der Waals surface area contributed by atoms with Crippen LogP contribution < -0.4 is 22.1 Å². The molecule has 1 heterocycles. The molecule has 0 fully saturated rings. The lowest BCUT2D eigenvalue weighted by Gasteiger charge is -2.19. The minimum Gasteiger partial charge on any atom is -0.445 e. The summed E-state index contributed by atoms with van der Waals surface area (Å²) < 4.78 is 11.1. The summed E-state index contributed by atoms with van der Waals surface area (Å²) in [4.78, 5) is 52.6. The number of alkyl carbamates (subject to hydrolysis) is 1. The number of amides is 1. The van der Waals surface area contributed by atoms with Gasteiger partial charge in [-0.2, -0.15) is 4.98 Å². The van der Waals surface area contributed by atoms with E-state index in [0.29, 0.717) is 24.5 Å². The van der Waals surface area contributed by atoms with Gasteiger partial charge in [0.1, 0.15) is 12.4 Å². The summed E-state index contributed by atoms with van der Waals surface area (Å²) in [5.41, 5.74) is 8.52. The average molecular weight is 522 g/mol. The van der Waals surface area contributed by atoms with Crippen molar-refractivity contribution >= 4 is 23.8 Å². The van der Waals surface area contributed by atoms with E-state index in [1.165, 1.54) is 4.57 Å². The molecule has 0 saturated carbocycles. The molecule has 0 aliphatic carbocycles. The zero-order valence-corrected chi connectivity index (χ0v) is 21.3. The fraction of sp³-hybridized carbons (Fsp3) is 0.296. The van der Waals surface area contributed by atoms with Gasteiger partial charge in [0.15, 0.2) is 0 Å². The fourth-order valence-electron chi connectivity index (χ4n) is 3.62. The molecule has 3 rings (SSSR count). The first-order valence-electron chi connectivity index (χ1n) is 12.0. The van der Waals surface area contributed by atoms with Gasteiger partial charge in [-0.25, -0.2) is 9.59 Å². The number of esters is 2. The van der Waals surface area contributed by atoms with Crippen LogP contribution in [0.25, 0.3) is 0 Å².